The van der Waals surface area contributed by atoms with Crippen molar-refractivity contribution in [1.29, 1.82) is 0 Å². The molecule has 2 aromatic rings. The van der Waals surface area contributed by atoms with Gasteiger partial charge in [-0.2, -0.15) is 0 Å². The van der Waals surface area contributed by atoms with Crippen LogP contribution in [0.5, 0.6) is 0 Å². The molecule has 0 saturated carbocycles. The molecule has 3 rings (SSSR count). The fourth-order valence-corrected chi connectivity index (χ4v) is 3.19. The maximum absolute atomic E-state index is 4.48. The standard InChI is InChI=1S/C18H22N2/c1-14-7-8-16(13-20-14)18-9-10-19-12-17(18)11-15-5-3-2-4-6-15/h2-8,13,17-19H,9-12H2,1H3. The molecule has 1 N–H and O–H groups in total. The molecule has 104 valence electrons. The van der Waals surface area contributed by atoms with Crippen LogP contribution in [0.3, 0.4) is 0 Å². The van der Waals surface area contributed by atoms with Gasteiger partial charge in [-0.1, -0.05) is 36.4 Å². The zero-order valence-corrected chi connectivity index (χ0v) is 12.0. The Balaban J connectivity index is 1.78. The van der Waals surface area contributed by atoms with Gasteiger partial charge in [0.25, 0.3) is 0 Å². The Kier molecular flexibility index (Phi) is 4.12. The highest BCUT2D eigenvalue weighted by atomic mass is 14.9. The smallest absolute Gasteiger partial charge is 0.0372 e. The van der Waals surface area contributed by atoms with Gasteiger partial charge in [0.1, 0.15) is 0 Å². The van der Waals surface area contributed by atoms with Crippen LogP contribution in [-0.2, 0) is 6.42 Å². The molecule has 1 fully saturated rings. The Morgan fingerprint density at radius 2 is 2.00 bits per heavy atom. The summed E-state index contributed by atoms with van der Waals surface area (Å²) in [7, 11) is 0. The highest BCUT2D eigenvalue weighted by molar-refractivity contribution is 5.22. The molecule has 0 aliphatic carbocycles. The van der Waals surface area contributed by atoms with E-state index in [0.717, 1.165) is 25.2 Å². The van der Waals surface area contributed by atoms with E-state index in [4.69, 9.17) is 0 Å². The normalized spacial score (nSPS) is 22.6. The van der Waals surface area contributed by atoms with Crippen LogP contribution in [0.4, 0.5) is 0 Å². The second-order valence-corrected chi connectivity index (χ2v) is 5.78. The summed E-state index contributed by atoms with van der Waals surface area (Å²) in [5, 5.41) is 3.55. The molecule has 2 atom stereocenters. The lowest BCUT2D eigenvalue weighted by molar-refractivity contribution is 0.323. The van der Waals surface area contributed by atoms with E-state index < -0.39 is 0 Å². The van der Waals surface area contributed by atoms with Crippen molar-refractivity contribution in [2.45, 2.75) is 25.7 Å². The van der Waals surface area contributed by atoms with E-state index in [1.165, 1.54) is 17.5 Å². The number of aryl methyl sites for hydroxylation is 1. The van der Waals surface area contributed by atoms with Crippen molar-refractivity contribution in [2.75, 3.05) is 13.1 Å². The molecule has 1 aliphatic heterocycles. The molecule has 1 aromatic heterocycles. The fraction of sp³-hybridized carbons (Fsp3) is 0.389. The Morgan fingerprint density at radius 3 is 2.75 bits per heavy atom. The minimum atomic E-state index is 0.629. The number of rotatable bonds is 3. The van der Waals surface area contributed by atoms with E-state index in [-0.39, 0.29) is 0 Å². The molecule has 0 radical (unpaired) electrons. The lowest BCUT2D eigenvalue weighted by Gasteiger charge is -2.32. The predicted octanol–water partition coefficient (Wildman–Crippen LogP) is 3.33. The highest BCUT2D eigenvalue weighted by Gasteiger charge is 2.26. The van der Waals surface area contributed by atoms with E-state index in [0.29, 0.717) is 11.8 Å². The van der Waals surface area contributed by atoms with Crippen molar-refractivity contribution in [3.63, 3.8) is 0 Å². The monoisotopic (exact) mass is 266 g/mol. The Bertz CT molecular complexity index is 533. The van der Waals surface area contributed by atoms with Gasteiger partial charge in [0.05, 0.1) is 0 Å². The van der Waals surface area contributed by atoms with Gasteiger partial charge in [0.2, 0.25) is 0 Å². The number of benzene rings is 1. The molecule has 1 aliphatic rings. The van der Waals surface area contributed by atoms with Gasteiger partial charge >= 0.3 is 0 Å². The molecule has 2 heteroatoms. The van der Waals surface area contributed by atoms with Gasteiger partial charge in [0.15, 0.2) is 0 Å². The number of pyridine rings is 1. The molecule has 0 amide bonds. The van der Waals surface area contributed by atoms with Crippen molar-refractivity contribution in [2.24, 2.45) is 5.92 Å². The summed E-state index contributed by atoms with van der Waals surface area (Å²) in [5.74, 6) is 1.29. The quantitative estimate of drug-likeness (QED) is 0.921. The van der Waals surface area contributed by atoms with E-state index in [9.17, 15) is 0 Å². The maximum Gasteiger partial charge on any atom is 0.0372 e. The highest BCUT2D eigenvalue weighted by Crippen LogP contribution is 2.32. The van der Waals surface area contributed by atoms with Gasteiger partial charge in [0, 0.05) is 11.9 Å². The zero-order chi connectivity index (χ0) is 13.8. The van der Waals surface area contributed by atoms with Crippen LogP contribution < -0.4 is 5.32 Å². The Hall–Kier alpha value is -1.67. The summed E-state index contributed by atoms with van der Waals surface area (Å²) in [6.07, 6.45) is 4.43. The second kappa shape index (κ2) is 6.19. The molecule has 0 spiro atoms. The van der Waals surface area contributed by atoms with Gasteiger partial charge in [-0.3, -0.25) is 4.98 Å². The largest absolute Gasteiger partial charge is 0.316 e. The van der Waals surface area contributed by atoms with Crippen molar-refractivity contribution in [1.82, 2.24) is 10.3 Å². The van der Waals surface area contributed by atoms with Gasteiger partial charge < -0.3 is 5.32 Å². The molecule has 20 heavy (non-hydrogen) atoms. The lowest BCUT2D eigenvalue weighted by atomic mass is 9.78. The van der Waals surface area contributed by atoms with E-state index >= 15 is 0 Å². The summed E-state index contributed by atoms with van der Waals surface area (Å²) < 4.78 is 0. The van der Waals surface area contributed by atoms with Crippen LogP contribution in [0.1, 0.15) is 29.2 Å². The summed E-state index contributed by atoms with van der Waals surface area (Å²) in [4.78, 5) is 4.48. The van der Waals surface area contributed by atoms with Crippen LogP contribution in [0, 0.1) is 12.8 Å². The van der Waals surface area contributed by atoms with Crippen molar-refractivity contribution in [3.8, 4) is 0 Å². The van der Waals surface area contributed by atoms with Gasteiger partial charge in [-0.25, -0.2) is 0 Å². The first-order chi connectivity index (χ1) is 9.83. The molecule has 2 nitrogen and oxygen atoms in total. The third-order valence-corrected chi connectivity index (χ3v) is 4.31. The van der Waals surface area contributed by atoms with E-state index in [1.807, 2.05) is 6.92 Å². The fourth-order valence-electron chi connectivity index (χ4n) is 3.19. The first-order valence-corrected chi connectivity index (χ1v) is 7.50. The van der Waals surface area contributed by atoms with Crippen LogP contribution in [-0.4, -0.2) is 18.1 Å². The number of hydrogen-bond acceptors (Lipinski definition) is 2. The van der Waals surface area contributed by atoms with Crippen LogP contribution in [0.2, 0.25) is 0 Å². The number of aromatic nitrogens is 1. The number of nitrogens with zero attached hydrogens (tertiary/aromatic N) is 1. The van der Waals surface area contributed by atoms with Crippen molar-refractivity contribution >= 4 is 0 Å². The molecule has 0 bridgehead atoms. The summed E-state index contributed by atoms with van der Waals surface area (Å²) in [6.45, 7) is 4.27. The van der Waals surface area contributed by atoms with Crippen molar-refractivity contribution in [3.05, 3.63) is 65.5 Å². The Labute approximate surface area is 121 Å². The third-order valence-electron chi connectivity index (χ3n) is 4.31. The summed E-state index contributed by atoms with van der Waals surface area (Å²) >= 11 is 0. The molecule has 1 saturated heterocycles. The summed E-state index contributed by atoms with van der Waals surface area (Å²) in [6, 6.07) is 15.2. The molecule has 1 aromatic carbocycles. The lowest BCUT2D eigenvalue weighted by Crippen LogP contribution is -2.36. The number of piperidine rings is 1. The minimum absolute atomic E-state index is 0.629. The van der Waals surface area contributed by atoms with Crippen LogP contribution in [0.25, 0.3) is 0 Å². The van der Waals surface area contributed by atoms with Crippen molar-refractivity contribution < 1.29 is 0 Å². The maximum atomic E-state index is 4.48. The topological polar surface area (TPSA) is 24.9 Å². The van der Waals surface area contributed by atoms with Crippen LogP contribution in [0.15, 0.2) is 48.7 Å². The average Bonchev–Trinajstić information content (AvgIpc) is 2.50. The SMILES string of the molecule is Cc1ccc(C2CCNCC2Cc2ccccc2)cn1. The number of nitrogens with one attached hydrogen (secondary N) is 1. The van der Waals surface area contributed by atoms with Gasteiger partial charge in [-0.15, -0.1) is 0 Å². The Morgan fingerprint density at radius 1 is 1.15 bits per heavy atom. The third kappa shape index (κ3) is 3.07. The minimum Gasteiger partial charge on any atom is -0.316 e. The van der Waals surface area contributed by atoms with Gasteiger partial charge in [-0.05, 0) is 61.9 Å². The van der Waals surface area contributed by atoms with E-state index in [2.05, 4.69) is 59.0 Å². The zero-order valence-electron chi connectivity index (χ0n) is 12.0. The predicted molar refractivity (Wildman–Crippen MR) is 82.8 cm³/mol. The first-order valence-electron chi connectivity index (χ1n) is 7.50. The van der Waals surface area contributed by atoms with E-state index in [1.54, 1.807) is 0 Å². The van der Waals surface area contributed by atoms with Crippen LogP contribution >= 0.6 is 0 Å². The summed E-state index contributed by atoms with van der Waals surface area (Å²) in [5.41, 5.74) is 3.94. The average molecular weight is 266 g/mol. The molecular formula is C18H22N2. The first kappa shape index (κ1) is 13.3. The second-order valence-electron chi connectivity index (χ2n) is 5.78. The molecule has 2 unspecified atom stereocenters. The number of hydrogen-bond donors (Lipinski definition) is 1. The molecule has 2 heterocycles. The molecular weight excluding hydrogens is 244 g/mol.